The van der Waals surface area contributed by atoms with Crippen molar-refractivity contribution in [1.29, 1.82) is 0 Å². The lowest BCUT2D eigenvalue weighted by atomic mass is 10.2. The molecule has 0 aliphatic carbocycles. The van der Waals surface area contributed by atoms with Crippen LogP contribution in [0, 0.1) is 6.92 Å². The van der Waals surface area contributed by atoms with Gasteiger partial charge in [0.15, 0.2) is 0 Å². The quantitative estimate of drug-likeness (QED) is 0.750. The molecule has 0 amide bonds. The number of hydrogen-bond acceptors (Lipinski definition) is 3. The number of hydrogen-bond donors (Lipinski definition) is 0. The van der Waals surface area contributed by atoms with Gasteiger partial charge in [-0.25, -0.2) is 4.98 Å². The molecule has 0 aliphatic heterocycles. The second-order valence-electron chi connectivity index (χ2n) is 3.31. The van der Waals surface area contributed by atoms with Crippen LogP contribution in [0.5, 0.6) is 11.6 Å². The van der Waals surface area contributed by atoms with Gasteiger partial charge in [0.05, 0.1) is 4.47 Å². The molecule has 2 rings (SSSR count). The Morgan fingerprint density at radius 2 is 2.06 bits per heavy atom. The lowest BCUT2D eigenvalue weighted by Gasteiger charge is -2.07. The predicted octanol–water partition coefficient (Wildman–Crippen LogP) is 4.65. The summed E-state index contributed by atoms with van der Waals surface area (Å²) >= 11 is 14.9. The first-order chi connectivity index (χ1) is 8.06. The number of ether oxygens (including phenoxy) is 1. The Morgan fingerprint density at radius 3 is 2.76 bits per heavy atom. The third-order valence-electron chi connectivity index (χ3n) is 2.03. The van der Waals surface area contributed by atoms with E-state index in [-0.39, 0.29) is 5.28 Å². The maximum atomic E-state index is 5.93. The van der Waals surface area contributed by atoms with Gasteiger partial charge >= 0.3 is 0 Å². The summed E-state index contributed by atoms with van der Waals surface area (Å²) in [6.07, 6.45) is 1.54. The fourth-order valence-electron chi connectivity index (χ4n) is 1.20. The summed E-state index contributed by atoms with van der Waals surface area (Å²) in [4.78, 5) is 7.79. The summed E-state index contributed by atoms with van der Waals surface area (Å²) in [7, 11) is 0. The van der Waals surface area contributed by atoms with Crippen molar-refractivity contribution < 1.29 is 4.74 Å². The number of halogens is 3. The zero-order valence-corrected chi connectivity index (χ0v) is 11.8. The largest absolute Gasteiger partial charge is 0.438 e. The van der Waals surface area contributed by atoms with E-state index in [1.54, 1.807) is 12.1 Å². The van der Waals surface area contributed by atoms with Gasteiger partial charge in [-0.15, -0.1) is 0 Å². The minimum atomic E-state index is 0.133. The summed E-state index contributed by atoms with van der Waals surface area (Å²) in [6, 6.07) is 5.35. The SMILES string of the molecule is Cc1cc(Oc2nc(Cl)ncc2Br)ccc1Cl. The summed E-state index contributed by atoms with van der Waals surface area (Å²) in [5.74, 6) is 1.01. The molecule has 1 aromatic heterocycles. The Hall–Kier alpha value is -0.840. The monoisotopic (exact) mass is 332 g/mol. The van der Waals surface area contributed by atoms with Gasteiger partial charge in [0.1, 0.15) is 5.75 Å². The van der Waals surface area contributed by atoms with Crippen LogP contribution in [0.25, 0.3) is 0 Å². The Morgan fingerprint density at radius 1 is 1.29 bits per heavy atom. The van der Waals surface area contributed by atoms with Crippen LogP contribution in [-0.2, 0) is 0 Å². The molecule has 0 radical (unpaired) electrons. The van der Waals surface area contributed by atoms with Gasteiger partial charge < -0.3 is 4.74 Å². The van der Waals surface area contributed by atoms with Crippen molar-refractivity contribution >= 4 is 39.1 Å². The van der Waals surface area contributed by atoms with Crippen LogP contribution in [0.3, 0.4) is 0 Å². The van der Waals surface area contributed by atoms with Crippen LogP contribution < -0.4 is 4.74 Å². The molecule has 0 spiro atoms. The molecule has 2 aromatic rings. The van der Waals surface area contributed by atoms with Gasteiger partial charge in [-0.05, 0) is 58.2 Å². The molecule has 0 fully saturated rings. The molecule has 1 heterocycles. The fraction of sp³-hybridized carbons (Fsp3) is 0.0909. The summed E-state index contributed by atoms with van der Waals surface area (Å²) in [5.41, 5.74) is 0.931. The molecule has 1 aromatic carbocycles. The third-order valence-corrected chi connectivity index (χ3v) is 3.18. The number of benzene rings is 1. The van der Waals surface area contributed by atoms with E-state index < -0.39 is 0 Å². The predicted molar refractivity (Wildman–Crippen MR) is 71.0 cm³/mol. The Kier molecular flexibility index (Phi) is 3.86. The van der Waals surface area contributed by atoms with E-state index in [9.17, 15) is 0 Å². The molecule has 6 heteroatoms. The van der Waals surface area contributed by atoms with Gasteiger partial charge in [-0.1, -0.05) is 11.6 Å². The van der Waals surface area contributed by atoms with Crippen LogP contribution in [0.2, 0.25) is 10.3 Å². The minimum Gasteiger partial charge on any atom is -0.438 e. The van der Waals surface area contributed by atoms with Gasteiger partial charge in [0, 0.05) is 11.2 Å². The van der Waals surface area contributed by atoms with Crippen molar-refractivity contribution in [3.63, 3.8) is 0 Å². The van der Waals surface area contributed by atoms with Crippen molar-refractivity contribution in [2.24, 2.45) is 0 Å². The minimum absolute atomic E-state index is 0.133. The molecular formula is C11H7BrCl2N2O. The first-order valence-corrected chi connectivity index (χ1v) is 6.23. The summed E-state index contributed by atoms with van der Waals surface area (Å²) < 4.78 is 6.22. The summed E-state index contributed by atoms with van der Waals surface area (Å²) in [6.45, 7) is 1.90. The molecule has 0 saturated carbocycles. The molecule has 0 unspecified atom stereocenters. The van der Waals surface area contributed by atoms with E-state index in [0.29, 0.717) is 21.1 Å². The van der Waals surface area contributed by atoms with Crippen molar-refractivity contribution in [3.05, 3.63) is 44.7 Å². The highest BCUT2D eigenvalue weighted by Crippen LogP contribution is 2.29. The average molecular weight is 334 g/mol. The molecule has 0 saturated heterocycles. The molecule has 88 valence electrons. The van der Waals surface area contributed by atoms with Gasteiger partial charge in [0.25, 0.3) is 0 Å². The van der Waals surface area contributed by atoms with Crippen molar-refractivity contribution in [2.75, 3.05) is 0 Å². The van der Waals surface area contributed by atoms with E-state index in [1.165, 1.54) is 6.20 Å². The average Bonchev–Trinajstić information content (AvgIpc) is 2.29. The van der Waals surface area contributed by atoms with Crippen molar-refractivity contribution in [3.8, 4) is 11.6 Å². The number of nitrogens with zero attached hydrogens (tertiary/aromatic N) is 2. The van der Waals surface area contributed by atoms with Gasteiger partial charge in [0.2, 0.25) is 11.2 Å². The van der Waals surface area contributed by atoms with Gasteiger partial charge in [-0.3, -0.25) is 0 Å². The molecule has 0 bridgehead atoms. The molecular weight excluding hydrogens is 327 g/mol. The van der Waals surface area contributed by atoms with Crippen LogP contribution in [0.15, 0.2) is 28.9 Å². The maximum Gasteiger partial charge on any atom is 0.237 e. The van der Waals surface area contributed by atoms with E-state index in [4.69, 9.17) is 27.9 Å². The maximum absolute atomic E-state index is 5.93. The number of rotatable bonds is 2. The number of aryl methyl sites for hydroxylation is 1. The second kappa shape index (κ2) is 5.21. The highest BCUT2D eigenvalue weighted by molar-refractivity contribution is 9.10. The van der Waals surface area contributed by atoms with E-state index in [2.05, 4.69) is 25.9 Å². The number of aromatic nitrogens is 2. The first-order valence-electron chi connectivity index (χ1n) is 4.68. The van der Waals surface area contributed by atoms with Crippen molar-refractivity contribution in [1.82, 2.24) is 9.97 Å². The fourth-order valence-corrected chi connectivity index (χ4v) is 1.71. The zero-order chi connectivity index (χ0) is 12.4. The lowest BCUT2D eigenvalue weighted by molar-refractivity contribution is 0.458. The molecule has 3 nitrogen and oxygen atoms in total. The van der Waals surface area contributed by atoms with Crippen LogP contribution in [0.1, 0.15) is 5.56 Å². The highest BCUT2D eigenvalue weighted by Gasteiger charge is 2.07. The standard InChI is InChI=1S/C11H7BrCl2N2O/c1-6-4-7(2-3-9(6)13)17-10-8(12)5-15-11(14)16-10/h2-5H,1H3. The molecule has 17 heavy (non-hydrogen) atoms. The van der Waals surface area contributed by atoms with Gasteiger partial charge in [-0.2, -0.15) is 4.98 Å². The first kappa shape index (κ1) is 12.6. The Bertz CT molecular complexity index is 563. The van der Waals surface area contributed by atoms with E-state index >= 15 is 0 Å². The Labute approximate surface area is 117 Å². The molecule has 0 atom stereocenters. The normalized spacial score (nSPS) is 10.4. The Balaban J connectivity index is 2.31. The topological polar surface area (TPSA) is 35.0 Å². The van der Waals surface area contributed by atoms with Crippen LogP contribution >= 0.6 is 39.1 Å². The van der Waals surface area contributed by atoms with E-state index in [0.717, 1.165) is 5.56 Å². The smallest absolute Gasteiger partial charge is 0.237 e. The summed E-state index contributed by atoms with van der Waals surface area (Å²) in [5, 5.41) is 0.825. The highest BCUT2D eigenvalue weighted by atomic mass is 79.9. The second-order valence-corrected chi connectivity index (χ2v) is 4.90. The van der Waals surface area contributed by atoms with Crippen molar-refractivity contribution in [2.45, 2.75) is 6.92 Å². The van der Waals surface area contributed by atoms with Crippen LogP contribution in [-0.4, -0.2) is 9.97 Å². The van der Waals surface area contributed by atoms with E-state index in [1.807, 2.05) is 13.0 Å². The third kappa shape index (κ3) is 3.09. The lowest BCUT2D eigenvalue weighted by Crippen LogP contribution is -1.92. The molecule has 0 N–H and O–H groups in total. The van der Waals surface area contributed by atoms with Crippen LogP contribution in [0.4, 0.5) is 0 Å². The molecule has 0 aliphatic rings. The zero-order valence-electron chi connectivity index (χ0n) is 8.75.